The van der Waals surface area contributed by atoms with E-state index in [0.717, 1.165) is 25.7 Å². The Labute approximate surface area is 210 Å². The van der Waals surface area contributed by atoms with Gasteiger partial charge in [-0.3, -0.25) is 10.1 Å². The van der Waals surface area contributed by atoms with Crippen LogP contribution >= 0.6 is 37.2 Å². The Hall–Kier alpha value is 0.250. The number of hydrogen-bond donors (Lipinski definition) is 3. The summed E-state index contributed by atoms with van der Waals surface area (Å²) in [6.45, 7) is 6.14. The highest BCUT2D eigenvalue weighted by molar-refractivity contribution is 15.0. The maximum Gasteiger partial charge on any atom is 0.308 e. The Morgan fingerprint density at radius 2 is 1.94 bits per heavy atom. The van der Waals surface area contributed by atoms with Crippen molar-refractivity contribution >= 4 is 43.2 Å². The number of rotatable bonds is 11. The Balaban J connectivity index is 0.00000233. The summed E-state index contributed by atoms with van der Waals surface area (Å²) in [7, 11) is 0. The Bertz CT molecular complexity index is 582. The van der Waals surface area contributed by atoms with Crippen LogP contribution in [0.4, 0.5) is 0 Å². The highest BCUT2D eigenvalue weighted by Crippen LogP contribution is 2.44. The molecule has 0 radical (unpaired) electrons. The number of allylic oxidation sites excluding steroid dienone is 3. The fourth-order valence-corrected chi connectivity index (χ4v) is 4.51. The molecule has 0 aromatic rings. The maximum atomic E-state index is 12.4. The SMILES string of the molecule is CCC(C)C(=O)OC1CCC=C2C=CC(C)C(CC[C@@H](O)CC(O)CCOO)C21.II. The molecule has 0 saturated carbocycles. The molecule has 8 heteroatoms. The van der Waals surface area contributed by atoms with Crippen molar-refractivity contribution < 1.29 is 29.9 Å². The molecule has 31 heavy (non-hydrogen) atoms. The predicted octanol–water partition coefficient (Wildman–Crippen LogP) is 5.65. The molecular weight excluding hydrogens is 626 g/mol. The molecule has 2 aliphatic carbocycles. The first-order chi connectivity index (χ1) is 14.9. The molecule has 0 aliphatic heterocycles. The van der Waals surface area contributed by atoms with E-state index in [1.54, 1.807) is 0 Å². The third-order valence-corrected chi connectivity index (χ3v) is 6.55. The summed E-state index contributed by atoms with van der Waals surface area (Å²) in [6.07, 6.45) is 9.68. The zero-order valence-electron chi connectivity index (χ0n) is 18.8. The van der Waals surface area contributed by atoms with E-state index in [1.165, 1.54) is 5.57 Å². The van der Waals surface area contributed by atoms with Crippen LogP contribution in [0.5, 0.6) is 0 Å². The van der Waals surface area contributed by atoms with Crippen LogP contribution in [0.2, 0.25) is 0 Å². The molecule has 0 aromatic heterocycles. The molecule has 6 nitrogen and oxygen atoms in total. The lowest BCUT2D eigenvalue weighted by Crippen LogP contribution is -2.40. The second kappa shape index (κ2) is 16.0. The Morgan fingerprint density at radius 3 is 2.58 bits per heavy atom. The first-order valence-electron chi connectivity index (χ1n) is 11.2. The van der Waals surface area contributed by atoms with E-state index in [-0.39, 0.29) is 42.9 Å². The number of halogens is 2. The fraction of sp³-hybridized carbons (Fsp3) is 0.783. The molecule has 0 heterocycles. The van der Waals surface area contributed by atoms with Gasteiger partial charge in [-0.2, -0.15) is 0 Å². The fourth-order valence-electron chi connectivity index (χ4n) is 4.51. The number of aliphatic hydroxyl groups is 2. The van der Waals surface area contributed by atoms with Crippen molar-refractivity contribution in [3.05, 3.63) is 23.8 Å². The largest absolute Gasteiger partial charge is 0.461 e. The minimum absolute atomic E-state index is 0.0534. The Kier molecular flexibility index (Phi) is 15.1. The molecule has 7 atom stereocenters. The van der Waals surface area contributed by atoms with Crippen molar-refractivity contribution in [1.82, 2.24) is 0 Å². The van der Waals surface area contributed by atoms with Crippen LogP contribution < -0.4 is 0 Å². The first kappa shape index (κ1) is 29.3. The van der Waals surface area contributed by atoms with Gasteiger partial charge in [-0.1, -0.05) is 39.0 Å². The van der Waals surface area contributed by atoms with E-state index in [9.17, 15) is 15.0 Å². The second-order valence-corrected chi connectivity index (χ2v) is 8.72. The number of esters is 1. The summed E-state index contributed by atoms with van der Waals surface area (Å²) in [5.74, 6) is 0.574. The molecule has 3 N–H and O–H groups in total. The van der Waals surface area contributed by atoms with Crippen LogP contribution in [0.1, 0.15) is 65.7 Å². The molecule has 0 amide bonds. The third kappa shape index (κ3) is 9.56. The van der Waals surface area contributed by atoms with Gasteiger partial charge < -0.3 is 14.9 Å². The van der Waals surface area contributed by atoms with E-state index in [1.807, 2.05) is 13.8 Å². The smallest absolute Gasteiger partial charge is 0.308 e. The molecule has 2 rings (SSSR count). The first-order valence-corrected chi connectivity index (χ1v) is 17.5. The monoisotopic (exact) mass is 664 g/mol. The highest BCUT2D eigenvalue weighted by atomic mass is 128. The zero-order chi connectivity index (χ0) is 23.4. The second-order valence-electron chi connectivity index (χ2n) is 8.72. The molecule has 6 unspecified atom stereocenters. The molecule has 0 spiro atoms. The van der Waals surface area contributed by atoms with Gasteiger partial charge in [0.15, 0.2) is 0 Å². The lowest BCUT2D eigenvalue weighted by Gasteiger charge is -2.42. The number of ether oxygens (including phenoxy) is 1. The minimum atomic E-state index is -0.699. The standard InChI is InChI=1S/C23H38O6.I2/c1-4-15(2)23(26)29-21-7-5-6-17-9-8-16(3)20(22(17)21)11-10-18(24)14-19(25)12-13-28-27;1-2/h6,8-9,15-16,18-22,24-25,27H,4-5,7,10-14H2,1-3H3;/t15?,16?,18-,19?,20?,21?,22?;/m1./s1. The van der Waals surface area contributed by atoms with Gasteiger partial charge >= 0.3 is 5.97 Å². The van der Waals surface area contributed by atoms with Crippen LogP contribution in [-0.2, 0) is 14.4 Å². The normalized spacial score (nSPS) is 27.8. The van der Waals surface area contributed by atoms with Crippen LogP contribution in [0.25, 0.3) is 0 Å². The van der Waals surface area contributed by atoms with E-state index in [4.69, 9.17) is 9.99 Å². The molecule has 2 aliphatic rings. The average molecular weight is 664 g/mol. The van der Waals surface area contributed by atoms with Crippen molar-refractivity contribution in [2.45, 2.75) is 84.0 Å². The third-order valence-electron chi connectivity index (χ3n) is 6.55. The van der Waals surface area contributed by atoms with E-state index in [2.05, 4.69) is 67.3 Å². The maximum absolute atomic E-state index is 12.4. The molecule has 0 fully saturated rings. The van der Waals surface area contributed by atoms with Gasteiger partial charge in [-0.15, -0.1) is 0 Å². The van der Waals surface area contributed by atoms with Crippen molar-refractivity contribution in [1.29, 1.82) is 0 Å². The molecule has 0 aromatic carbocycles. The number of carbonyl (C=O) groups excluding carboxylic acids is 1. The van der Waals surface area contributed by atoms with Crippen LogP contribution in [0.3, 0.4) is 0 Å². The van der Waals surface area contributed by atoms with Crippen molar-refractivity contribution in [3.63, 3.8) is 0 Å². The number of aliphatic hydroxyl groups excluding tert-OH is 2. The summed E-state index contributed by atoms with van der Waals surface area (Å²) >= 11 is 4.24. The van der Waals surface area contributed by atoms with Crippen LogP contribution in [-0.4, -0.2) is 46.4 Å². The predicted molar refractivity (Wildman–Crippen MR) is 139 cm³/mol. The van der Waals surface area contributed by atoms with Gasteiger partial charge in [0, 0.05) is 43.1 Å². The summed E-state index contributed by atoms with van der Waals surface area (Å²) in [4.78, 5) is 16.4. The highest BCUT2D eigenvalue weighted by Gasteiger charge is 2.40. The summed E-state index contributed by atoms with van der Waals surface area (Å²) in [6, 6.07) is 0. The molecule has 180 valence electrons. The van der Waals surface area contributed by atoms with Crippen LogP contribution in [0.15, 0.2) is 23.8 Å². The van der Waals surface area contributed by atoms with Gasteiger partial charge in [0.05, 0.1) is 24.7 Å². The van der Waals surface area contributed by atoms with Gasteiger partial charge in [0.25, 0.3) is 0 Å². The van der Waals surface area contributed by atoms with Crippen molar-refractivity contribution in [2.24, 2.45) is 23.7 Å². The van der Waals surface area contributed by atoms with Gasteiger partial charge in [-0.05, 0) is 62.4 Å². The topological polar surface area (TPSA) is 96.2 Å². The number of fused-ring (bicyclic) bond motifs is 1. The quantitative estimate of drug-likeness (QED) is 0.115. The van der Waals surface area contributed by atoms with Crippen LogP contribution in [0, 0.1) is 23.7 Å². The van der Waals surface area contributed by atoms with E-state index < -0.39 is 12.2 Å². The van der Waals surface area contributed by atoms with Crippen molar-refractivity contribution in [2.75, 3.05) is 6.61 Å². The summed E-state index contributed by atoms with van der Waals surface area (Å²) < 4.78 is 5.95. The van der Waals surface area contributed by atoms with Gasteiger partial charge in [0.2, 0.25) is 0 Å². The lowest BCUT2D eigenvalue weighted by atomic mass is 9.66. The summed E-state index contributed by atoms with van der Waals surface area (Å²) in [5, 5.41) is 28.7. The molecular formula is C23H38I2O6. The van der Waals surface area contributed by atoms with Gasteiger partial charge in [-0.25, -0.2) is 4.89 Å². The van der Waals surface area contributed by atoms with Crippen molar-refractivity contribution in [3.8, 4) is 0 Å². The summed E-state index contributed by atoms with van der Waals surface area (Å²) in [5.41, 5.74) is 1.25. The average Bonchev–Trinajstić information content (AvgIpc) is 2.77. The van der Waals surface area contributed by atoms with Gasteiger partial charge in [0.1, 0.15) is 6.10 Å². The number of carbonyl (C=O) groups is 1. The lowest BCUT2D eigenvalue weighted by molar-refractivity contribution is -0.245. The van der Waals surface area contributed by atoms with E-state index in [0.29, 0.717) is 18.8 Å². The number of hydrogen-bond acceptors (Lipinski definition) is 6. The Morgan fingerprint density at radius 1 is 1.26 bits per heavy atom. The molecule has 0 saturated heterocycles. The molecule has 0 bridgehead atoms. The van der Waals surface area contributed by atoms with E-state index >= 15 is 0 Å². The minimum Gasteiger partial charge on any atom is -0.461 e. The zero-order valence-corrected chi connectivity index (χ0v) is 23.1.